The Morgan fingerprint density at radius 2 is 1.53 bits per heavy atom. The number of methoxy groups -OCH3 is 1. The number of ether oxygens (including phenoxy) is 2. The van der Waals surface area contributed by atoms with Crippen LogP contribution in [-0.4, -0.2) is 52.9 Å². The summed E-state index contributed by atoms with van der Waals surface area (Å²) in [5.74, 6) is 0.133. The summed E-state index contributed by atoms with van der Waals surface area (Å²) < 4.78 is 11.1. The fourth-order valence-corrected chi connectivity index (χ4v) is 9.80. The zero-order valence-corrected chi connectivity index (χ0v) is 40.5. The molecule has 0 saturated heterocycles. The van der Waals surface area contributed by atoms with Crippen molar-refractivity contribution in [2.45, 2.75) is 146 Å². The molecule has 342 valence electrons. The number of allylic oxidation sites excluding steroid dienone is 9. The Kier molecular flexibility index (Phi) is 15.9. The van der Waals surface area contributed by atoms with Crippen molar-refractivity contribution in [2.24, 2.45) is 38.6 Å². The molecule has 9 heteroatoms. The normalized spacial score (nSPS) is 19.2. The van der Waals surface area contributed by atoms with Gasteiger partial charge in [-0.25, -0.2) is 15.0 Å². The monoisotopic (exact) mass is 869 g/mol. The summed E-state index contributed by atoms with van der Waals surface area (Å²) >= 11 is 0. The van der Waals surface area contributed by atoms with E-state index >= 15 is 0 Å². The van der Waals surface area contributed by atoms with Crippen molar-refractivity contribution < 1.29 is 24.2 Å². The van der Waals surface area contributed by atoms with Crippen LogP contribution in [0, 0.1) is 30.6 Å². The summed E-state index contributed by atoms with van der Waals surface area (Å²) in [7, 11) is 1.31. The van der Waals surface area contributed by atoms with Gasteiger partial charge in [0.25, 0.3) is 0 Å². The van der Waals surface area contributed by atoms with Crippen LogP contribution in [0.2, 0.25) is 0 Å². The van der Waals surface area contributed by atoms with Crippen molar-refractivity contribution >= 4 is 47.3 Å². The second-order valence-electron chi connectivity index (χ2n) is 19.1. The number of hydrogen-bond acceptors (Lipinski definition) is 8. The molecule has 0 amide bonds. The number of nitrogens with zero attached hydrogens (tertiary/aromatic N) is 3. The molecule has 0 radical (unpaired) electrons. The van der Waals surface area contributed by atoms with Crippen LogP contribution in [0.5, 0.6) is 0 Å². The van der Waals surface area contributed by atoms with Crippen LogP contribution < -0.4 is 10.7 Å². The second-order valence-corrected chi connectivity index (χ2v) is 19.1. The van der Waals surface area contributed by atoms with Crippen LogP contribution in [0.25, 0.3) is 18.2 Å². The van der Waals surface area contributed by atoms with E-state index in [-0.39, 0.29) is 24.8 Å². The molecule has 9 nitrogen and oxygen atoms in total. The highest BCUT2D eigenvalue weighted by Gasteiger charge is 2.47. The van der Waals surface area contributed by atoms with Gasteiger partial charge in [0.1, 0.15) is 18.3 Å². The average molecular weight is 869 g/mol. The number of hydrogen-bond donors (Lipinski definition) is 2. The maximum absolute atomic E-state index is 13.6. The number of fused-ring (bicyclic) bond motifs is 5. The van der Waals surface area contributed by atoms with Crippen molar-refractivity contribution in [1.82, 2.24) is 4.98 Å². The number of nitrogens with one attached hydrogen (secondary N) is 1. The van der Waals surface area contributed by atoms with Gasteiger partial charge in [-0.3, -0.25) is 9.59 Å². The Labute approximate surface area is 381 Å². The van der Waals surface area contributed by atoms with Gasteiger partial charge in [0.05, 0.1) is 41.3 Å². The van der Waals surface area contributed by atoms with E-state index in [0.717, 1.165) is 92.2 Å². The molecule has 6 rings (SSSR count). The summed E-state index contributed by atoms with van der Waals surface area (Å²) in [5, 5.41) is 13.6. The van der Waals surface area contributed by atoms with Gasteiger partial charge in [-0.15, -0.1) is 0 Å². The number of esters is 2. The van der Waals surface area contributed by atoms with E-state index in [1.54, 1.807) is 0 Å². The number of aliphatic hydroxyl groups excluding tert-OH is 1. The smallest absolute Gasteiger partial charge is 0.321 e. The SMILES string of the molecule is C=Cc1c(C)c2[nH]c1=CC1=C(C)C3=C(O)[C@H](C(=O)OC)C(=C4N=C(C=C5N=C(C=2)C(CC)=C5C)C(C)=C4CCC(=O)OC/C=C(\C)CCC[C@H](C)CCC[C@H](C)CCCC(C)C)C3=N1. The highest BCUT2D eigenvalue weighted by molar-refractivity contribution is 6.26. The standard InChI is InChI=1S/C55H72N4O5/c1-13-39-35(8)42-28-44-37(10)41(24-25-48(60)64-27-26-34(7)23-17-22-33(6)21-16-20-32(5)19-15-18-31(3)4)52(58-44)50-51(55(62)63-12)54(61)49-38(11)45(59-53(49)50)30-47-40(14-2)36(9)43(57-47)29-46(39)56-42/h14,26,28-33,51,57,61H,2,13,15-25,27H2,1,3-12H3/b34-26+,42-28?,43-29?,47-30?,52-50?/t32-,33-,51-/m1/s1. The Morgan fingerprint density at radius 1 is 0.844 bits per heavy atom. The number of carbonyl (C=O) groups excluding carboxylic acids is 2. The molecule has 0 spiro atoms. The lowest BCUT2D eigenvalue weighted by Crippen LogP contribution is -2.21. The maximum Gasteiger partial charge on any atom is 0.321 e. The molecular formula is C55H72N4O5. The summed E-state index contributed by atoms with van der Waals surface area (Å²) in [4.78, 5) is 46.1. The quantitative estimate of drug-likeness (QED) is 0.0997. The zero-order chi connectivity index (χ0) is 46.4. The van der Waals surface area contributed by atoms with Crippen LogP contribution in [0.1, 0.15) is 150 Å². The van der Waals surface area contributed by atoms with E-state index in [2.05, 4.69) is 73.0 Å². The molecule has 5 heterocycles. The Balaban J connectivity index is 1.22. The third-order valence-corrected chi connectivity index (χ3v) is 13.9. The van der Waals surface area contributed by atoms with E-state index in [1.165, 1.54) is 57.6 Å². The van der Waals surface area contributed by atoms with E-state index in [1.807, 2.05) is 38.2 Å². The topological polar surface area (TPSA) is 126 Å². The van der Waals surface area contributed by atoms with Crippen molar-refractivity contribution in [3.05, 3.63) is 108 Å². The number of carbonyl (C=O) groups is 2. The van der Waals surface area contributed by atoms with Gasteiger partial charge in [-0.2, -0.15) is 0 Å². The first-order valence-corrected chi connectivity index (χ1v) is 23.8. The molecule has 64 heavy (non-hydrogen) atoms. The number of H-pyrrole nitrogens is 1. The van der Waals surface area contributed by atoms with Crippen molar-refractivity contribution in [1.29, 1.82) is 0 Å². The van der Waals surface area contributed by atoms with E-state index in [0.29, 0.717) is 46.3 Å². The van der Waals surface area contributed by atoms with Crippen LogP contribution in [0.3, 0.4) is 0 Å². The van der Waals surface area contributed by atoms with E-state index in [9.17, 15) is 14.7 Å². The molecule has 0 saturated carbocycles. The molecule has 1 aliphatic carbocycles. The van der Waals surface area contributed by atoms with Gasteiger partial charge in [-0.05, 0) is 136 Å². The van der Waals surface area contributed by atoms with E-state index < -0.39 is 11.9 Å². The molecule has 0 aromatic carbocycles. The Morgan fingerprint density at radius 3 is 2.19 bits per heavy atom. The summed E-state index contributed by atoms with van der Waals surface area (Å²) in [5.41, 5.74) is 12.7. The van der Waals surface area contributed by atoms with Crippen LogP contribution >= 0.6 is 0 Å². The average Bonchev–Trinajstić information content (AvgIpc) is 3.99. The lowest BCUT2D eigenvalue weighted by Gasteiger charge is -2.15. The number of aromatic nitrogens is 1. The Bertz CT molecular complexity index is 2520. The van der Waals surface area contributed by atoms with Crippen molar-refractivity contribution in [3.8, 4) is 0 Å². The molecule has 0 fully saturated rings. The molecular weight excluding hydrogens is 797 g/mol. The fraction of sp³-hybridized carbons (Fsp3) is 0.509. The minimum Gasteiger partial charge on any atom is -0.510 e. The van der Waals surface area contributed by atoms with Gasteiger partial charge < -0.3 is 19.6 Å². The molecule has 4 aliphatic heterocycles. The first-order valence-electron chi connectivity index (χ1n) is 23.8. The predicted octanol–water partition coefficient (Wildman–Crippen LogP) is 11.7. The molecule has 5 aliphatic rings. The van der Waals surface area contributed by atoms with Gasteiger partial charge >= 0.3 is 11.9 Å². The number of aliphatic hydroxyl groups is 1. The van der Waals surface area contributed by atoms with Crippen molar-refractivity contribution in [3.63, 3.8) is 0 Å². The number of aliphatic imine (C=N–C) groups is 3. The molecule has 2 N–H and O–H groups in total. The summed E-state index contributed by atoms with van der Waals surface area (Å²) in [6.07, 6.45) is 22.4. The van der Waals surface area contributed by atoms with Gasteiger partial charge in [0.2, 0.25) is 0 Å². The second kappa shape index (κ2) is 21.1. The lowest BCUT2D eigenvalue weighted by atomic mass is 9.91. The first kappa shape index (κ1) is 48.2. The number of rotatable bonds is 20. The fourth-order valence-electron chi connectivity index (χ4n) is 9.80. The molecule has 8 bridgehead atoms. The molecule has 1 aromatic heterocycles. The third kappa shape index (κ3) is 10.5. The highest BCUT2D eigenvalue weighted by Crippen LogP contribution is 2.47. The zero-order valence-electron chi connectivity index (χ0n) is 40.5. The highest BCUT2D eigenvalue weighted by atomic mass is 16.5. The minimum absolute atomic E-state index is 0.107. The van der Waals surface area contributed by atoms with Crippen LogP contribution in [0.4, 0.5) is 0 Å². The van der Waals surface area contributed by atoms with Crippen molar-refractivity contribution in [2.75, 3.05) is 13.7 Å². The largest absolute Gasteiger partial charge is 0.510 e. The van der Waals surface area contributed by atoms with Crippen LogP contribution in [0.15, 0.2) is 101 Å². The van der Waals surface area contributed by atoms with Crippen LogP contribution in [-0.2, 0) is 19.1 Å². The van der Waals surface area contributed by atoms with Gasteiger partial charge in [0.15, 0.2) is 0 Å². The van der Waals surface area contributed by atoms with Gasteiger partial charge in [-0.1, -0.05) is 97.8 Å². The summed E-state index contributed by atoms with van der Waals surface area (Å²) in [6.45, 7) is 26.0. The lowest BCUT2D eigenvalue weighted by molar-refractivity contribution is -0.144. The Hall–Kier alpha value is -5.31. The maximum atomic E-state index is 13.6. The molecule has 1 aromatic rings. The van der Waals surface area contributed by atoms with E-state index in [4.69, 9.17) is 24.5 Å². The predicted molar refractivity (Wildman–Crippen MR) is 263 cm³/mol. The van der Waals surface area contributed by atoms with Gasteiger partial charge in [0, 0.05) is 33.8 Å². The number of aromatic amines is 1. The molecule has 3 atom stereocenters. The third-order valence-electron chi connectivity index (χ3n) is 13.9. The minimum atomic E-state index is -1.14. The summed E-state index contributed by atoms with van der Waals surface area (Å²) in [6, 6.07) is 0. The first-order chi connectivity index (χ1) is 30.6. The molecule has 0 unspecified atom stereocenters.